The average molecular weight is 214 g/mol. The molecule has 0 unspecified atom stereocenters. The molecule has 1 amide bonds. The minimum atomic E-state index is -0.173. The molecule has 1 rings (SSSR count). The summed E-state index contributed by atoms with van der Waals surface area (Å²) in [7, 11) is 0. The molecule has 0 aromatic carbocycles. The molecule has 0 saturated heterocycles. The maximum absolute atomic E-state index is 11.8. The summed E-state index contributed by atoms with van der Waals surface area (Å²) < 4.78 is 0. The fourth-order valence-corrected chi connectivity index (χ4v) is 1.31. The normalized spacial score (nSPS) is 9.93. The van der Waals surface area contributed by atoms with Crippen LogP contribution in [0.2, 0.25) is 5.15 Å². The molecule has 0 N–H and O–H groups in total. The molecule has 4 nitrogen and oxygen atoms in total. The van der Waals surface area contributed by atoms with E-state index in [4.69, 9.17) is 11.6 Å². The van der Waals surface area contributed by atoms with Crippen molar-refractivity contribution in [2.45, 2.75) is 13.8 Å². The van der Waals surface area contributed by atoms with E-state index >= 15 is 0 Å². The van der Waals surface area contributed by atoms with Crippen molar-refractivity contribution in [2.75, 3.05) is 13.1 Å². The van der Waals surface area contributed by atoms with Gasteiger partial charge in [-0.2, -0.15) is 0 Å². The van der Waals surface area contributed by atoms with Gasteiger partial charge in [0.1, 0.15) is 0 Å². The van der Waals surface area contributed by atoms with E-state index in [2.05, 4.69) is 9.97 Å². The Hall–Kier alpha value is -1.16. The van der Waals surface area contributed by atoms with Crippen molar-refractivity contribution in [3.05, 3.63) is 23.2 Å². The summed E-state index contributed by atoms with van der Waals surface area (Å²) >= 11 is 5.76. The summed E-state index contributed by atoms with van der Waals surface area (Å²) in [6.45, 7) is 5.10. The van der Waals surface area contributed by atoms with Crippen molar-refractivity contribution in [1.29, 1.82) is 0 Å². The Bertz CT molecular complexity index is 326. The molecule has 0 saturated carbocycles. The predicted octanol–water partition coefficient (Wildman–Crippen LogP) is 1.61. The van der Waals surface area contributed by atoms with Crippen LogP contribution in [0, 0.1) is 0 Å². The fourth-order valence-electron chi connectivity index (χ4n) is 1.13. The van der Waals surface area contributed by atoms with E-state index in [0.717, 1.165) is 0 Å². The SMILES string of the molecule is CCN(CC)C(=O)c1nccnc1Cl. The summed E-state index contributed by atoms with van der Waals surface area (Å²) in [5.41, 5.74) is 0.220. The largest absolute Gasteiger partial charge is 0.338 e. The smallest absolute Gasteiger partial charge is 0.275 e. The Kier molecular flexibility index (Phi) is 3.83. The van der Waals surface area contributed by atoms with Gasteiger partial charge in [0.05, 0.1) is 0 Å². The van der Waals surface area contributed by atoms with Crippen LogP contribution in [0.1, 0.15) is 24.3 Å². The van der Waals surface area contributed by atoms with Crippen LogP contribution in [-0.2, 0) is 0 Å². The molecule has 0 bridgehead atoms. The molecule has 1 aromatic rings. The van der Waals surface area contributed by atoms with E-state index in [0.29, 0.717) is 13.1 Å². The number of carbonyl (C=O) groups excluding carboxylic acids is 1. The van der Waals surface area contributed by atoms with Gasteiger partial charge in [-0.25, -0.2) is 9.97 Å². The highest BCUT2D eigenvalue weighted by Gasteiger charge is 2.17. The Labute approximate surface area is 87.9 Å². The maximum Gasteiger partial charge on any atom is 0.275 e. The molecule has 14 heavy (non-hydrogen) atoms. The first-order chi connectivity index (χ1) is 6.70. The third-order valence-corrected chi connectivity index (χ3v) is 2.18. The number of carbonyl (C=O) groups is 1. The summed E-state index contributed by atoms with van der Waals surface area (Å²) in [5.74, 6) is -0.173. The molecule has 1 heterocycles. The van der Waals surface area contributed by atoms with Crippen LogP contribution in [0.25, 0.3) is 0 Å². The van der Waals surface area contributed by atoms with Gasteiger partial charge < -0.3 is 4.90 Å². The number of amides is 1. The molecule has 0 aliphatic rings. The molecule has 0 aliphatic heterocycles. The standard InChI is InChI=1S/C9H12ClN3O/c1-3-13(4-2)9(14)7-8(10)12-6-5-11-7/h5-6H,3-4H2,1-2H3. The van der Waals surface area contributed by atoms with Gasteiger partial charge in [0, 0.05) is 25.5 Å². The van der Waals surface area contributed by atoms with E-state index in [1.807, 2.05) is 13.8 Å². The van der Waals surface area contributed by atoms with Crippen molar-refractivity contribution in [3.8, 4) is 0 Å². The second kappa shape index (κ2) is 4.91. The number of hydrogen-bond acceptors (Lipinski definition) is 3. The molecule has 76 valence electrons. The lowest BCUT2D eigenvalue weighted by molar-refractivity contribution is 0.0767. The molecular weight excluding hydrogens is 202 g/mol. The van der Waals surface area contributed by atoms with Gasteiger partial charge in [-0.15, -0.1) is 0 Å². The second-order valence-electron chi connectivity index (χ2n) is 2.67. The lowest BCUT2D eigenvalue weighted by atomic mass is 10.3. The summed E-state index contributed by atoms with van der Waals surface area (Å²) in [5, 5.41) is 0.157. The highest BCUT2D eigenvalue weighted by molar-refractivity contribution is 6.32. The fraction of sp³-hybridized carbons (Fsp3) is 0.444. The van der Waals surface area contributed by atoms with Crippen LogP contribution in [0.3, 0.4) is 0 Å². The van der Waals surface area contributed by atoms with E-state index in [1.165, 1.54) is 12.4 Å². The average Bonchev–Trinajstić information content (AvgIpc) is 2.20. The van der Waals surface area contributed by atoms with E-state index < -0.39 is 0 Å². The molecule has 0 spiro atoms. The van der Waals surface area contributed by atoms with Gasteiger partial charge in [-0.05, 0) is 13.8 Å². The first-order valence-electron chi connectivity index (χ1n) is 4.46. The number of rotatable bonds is 3. The molecule has 5 heteroatoms. The van der Waals surface area contributed by atoms with Crippen LogP contribution in [0.5, 0.6) is 0 Å². The highest BCUT2D eigenvalue weighted by atomic mass is 35.5. The number of nitrogens with zero attached hydrogens (tertiary/aromatic N) is 3. The van der Waals surface area contributed by atoms with Gasteiger partial charge in [-0.1, -0.05) is 11.6 Å². The molecule has 0 aliphatic carbocycles. The van der Waals surface area contributed by atoms with Crippen LogP contribution < -0.4 is 0 Å². The van der Waals surface area contributed by atoms with E-state index in [1.54, 1.807) is 4.90 Å². The third kappa shape index (κ3) is 2.20. The van der Waals surface area contributed by atoms with E-state index in [9.17, 15) is 4.79 Å². The third-order valence-electron chi connectivity index (χ3n) is 1.91. The molecule has 1 aromatic heterocycles. The summed E-state index contributed by atoms with van der Waals surface area (Å²) in [6.07, 6.45) is 2.92. The number of halogens is 1. The van der Waals surface area contributed by atoms with Crippen LogP contribution >= 0.6 is 11.6 Å². The van der Waals surface area contributed by atoms with Gasteiger partial charge in [0.25, 0.3) is 5.91 Å². The van der Waals surface area contributed by atoms with Gasteiger partial charge >= 0.3 is 0 Å². The Morgan fingerprint density at radius 2 is 1.93 bits per heavy atom. The van der Waals surface area contributed by atoms with Crippen molar-refractivity contribution < 1.29 is 4.79 Å². The first-order valence-corrected chi connectivity index (χ1v) is 4.84. The molecule has 0 fully saturated rings. The zero-order chi connectivity index (χ0) is 10.6. The number of hydrogen-bond donors (Lipinski definition) is 0. The zero-order valence-corrected chi connectivity index (χ0v) is 8.95. The van der Waals surface area contributed by atoms with Crippen molar-refractivity contribution in [3.63, 3.8) is 0 Å². The Morgan fingerprint density at radius 3 is 2.43 bits per heavy atom. The van der Waals surface area contributed by atoms with Gasteiger partial charge in [0.2, 0.25) is 0 Å². The lowest BCUT2D eigenvalue weighted by Gasteiger charge is -2.17. The summed E-state index contributed by atoms with van der Waals surface area (Å²) in [6, 6.07) is 0. The minimum absolute atomic E-state index is 0.157. The zero-order valence-electron chi connectivity index (χ0n) is 8.20. The topological polar surface area (TPSA) is 46.1 Å². The second-order valence-corrected chi connectivity index (χ2v) is 3.03. The van der Waals surface area contributed by atoms with Gasteiger partial charge in [0.15, 0.2) is 10.8 Å². The first kappa shape index (κ1) is 10.9. The Morgan fingerprint density at radius 1 is 1.36 bits per heavy atom. The van der Waals surface area contributed by atoms with Crippen LogP contribution in [0.15, 0.2) is 12.4 Å². The predicted molar refractivity (Wildman–Crippen MR) is 54.3 cm³/mol. The van der Waals surface area contributed by atoms with Crippen molar-refractivity contribution in [1.82, 2.24) is 14.9 Å². The quantitative estimate of drug-likeness (QED) is 0.767. The minimum Gasteiger partial charge on any atom is -0.338 e. The monoisotopic (exact) mass is 213 g/mol. The van der Waals surface area contributed by atoms with Crippen molar-refractivity contribution >= 4 is 17.5 Å². The van der Waals surface area contributed by atoms with Gasteiger partial charge in [-0.3, -0.25) is 4.79 Å². The maximum atomic E-state index is 11.8. The van der Waals surface area contributed by atoms with Crippen LogP contribution in [0.4, 0.5) is 0 Å². The molecule has 0 atom stereocenters. The summed E-state index contributed by atoms with van der Waals surface area (Å²) in [4.78, 5) is 21.1. The van der Waals surface area contributed by atoms with E-state index in [-0.39, 0.29) is 16.8 Å². The highest BCUT2D eigenvalue weighted by Crippen LogP contribution is 2.10. The molecule has 0 radical (unpaired) electrons. The molecular formula is C9H12ClN3O. The van der Waals surface area contributed by atoms with Crippen molar-refractivity contribution in [2.24, 2.45) is 0 Å². The number of aromatic nitrogens is 2. The van der Waals surface area contributed by atoms with Crippen LogP contribution in [-0.4, -0.2) is 33.9 Å². The Balaban J connectivity index is 2.94. The lowest BCUT2D eigenvalue weighted by Crippen LogP contribution is -2.31.